The molecule has 2 aromatic heterocycles. The summed E-state index contributed by atoms with van der Waals surface area (Å²) in [5.41, 5.74) is 8.25. The zero-order valence-corrected chi connectivity index (χ0v) is 13.0. The average molecular weight is 357 g/mol. The molecule has 86 valence electrons. The van der Waals surface area contributed by atoms with Gasteiger partial charge in [0.05, 0.1) is 18.5 Å². The molecule has 2 aromatic rings. The van der Waals surface area contributed by atoms with Gasteiger partial charge in [0.2, 0.25) is 0 Å². The molecule has 1 unspecified atom stereocenters. The summed E-state index contributed by atoms with van der Waals surface area (Å²) < 4.78 is 2.44. The van der Waals surface area contributed by atoms with Crippen LogP contribution in [0.3, 0.4) is 0 Å². The van der Waals surface area contributed by atoms with Gasteiger partial charge in [-0.15, -0.1) is 22.7 Å². The molecule has 0 saturated heterocycles. The summed E-state index contributed by atoms with van der Waals surface area (Å²) >= 11 is 18.5. The van der Waals surface area contributed by atoms with Crippen LogP contribution in [0.5, 0.6) is 0 Å². The molecule has 1 atom stereocenters. The molecule has 1 nitrogen and oxygen atoms in total. The van der Waals surface area contributed by atoms with Crippen LogP contribution in [-0.4, -0.2) is 0 Å². The summed E-state index contributed by atoms with van der Waals surface area (Å²) in [6.07, 6.45) is 0. The van der Waals surface area contributed by atoms with E-state index in [1.54, 1.807) is 11.3 Å². The molecule has 0 fully saturated rings. The minimum Gasteiger partial charge on any atom is -0.320 e. The molecule has 0 aromatic carbocycles. The number of aryl methyl sites for hydroxylation is 1. The van der Waals surface area contributed by atoms with Gasteiger partial charge in [-0.05, 0) is 40.5 Å². The SMILES string of the molecule is Cc1cc(C(N)c2cc(Cl)sc2Cl)sc1Br. The van der Waals surface area contributed by atoms with Gasteiger partial charge in [-0.25, -0.2) is 0 Å². The third-order valence-electron chi connectivity index (χ3n) is 2.20. The molecule has 16 heavy (non-hydrogen) atoms. The van der Waals surface area contributed by atoms with Crippen molar-refractivity contribution >= 4 is 61.8 Å². The van der Waals surface area contributed by atoms with Crippen LogP contribution in [0.4, 0.5) is 0 Å². The summed E-state index contributed by atoms with van der Waals surface area (Å²) in [5, 5.41) is 0. The largest absolute Gasteiger partial charge is 0.320 e. The smallest absolute Gasteiger partial charge is 0.0995 e. The Bertz CT molecular complexity index is 501. The quantitative estimate of drug-likeness (QED) is 0.782. The Morgan fingerprint density at radius 2 is 2.00 bits per heavy atom. The van der Waals surface area contributed by atoms with E-state index >= 15 is 0 Å². The topological polar surface area (TPSA) is 26.0 Å². The van der Waals surface area contributed by atoms with E-state index in [1.165, 1.54) is 16.9 Å². The van der Waals surface area contributed by atoms with Gasteiger partial charge in [0.25, 0.3) is 0 Å². The van der Waals surface area contributed by atoms with Gasteiger partial charge in [0.15, 0.2) is 0 Å². The van der Waals surface area contributed by atoms with E-state index in [-0.39, 0.29) is 6.04 Å². The first-order valence-corrected chi connectivity index (χ1v) is 7.63. The normalized spacial score (nSPS) is 13.1. The van der Waals surface area contributed by atoms with Crippen molar-refractivity contribution in [2.24, 2.45) is 5.73 Å². The number of thiophene rings is 2. The third-order valence-corrected chi connectivity index (χ3v) is 5.94. The van der Waals surface area contributed by atoms with E-state index in [4.69, 9.17) is 28.9 Å². The van der Waals surface area contributed by atoms with Crippen molar-refractivity contribution in [1.82, 2.24) is 0 Å². The number of hydrogen-bond acceptors (Lipinski definition) is 3. The Hall–Kier alpha value is 0.420. The molecular weight excluding hydrogens is 349 g/mol. The summed E-state index contributed by atoms with van der Waals surface area (Å²) in [6.45, 7) is 2.04. The highest BCUT2D eigenvalue weighted by atomic mass is 79.9. The molecule has 0 spiro atoms. The lowest BCUT2D eigenvalue weighted by molar-refractivity contribution is 0.899. The molecule has 0 aliphatic rings. The highest BCUT2D eigenvalue weighted by Gasteiger charge is 2.18. The molecule has 0 aliphatic heterocycles. The van der Waals surface area contributed by atoms with Crippen LogP contribution >= 0.6 is 61.8 Å². The lowest BCUT2D eigenvalue weighted by Crippen LogP contribution is -2.09. The van der Waals surface area contributed by atoms with E-state index in [2.05, 4.69) is 22.0 Å². The molecule has 0 amide bonds. The van der Waals surface area contributed by atoms with Crippen molar-refractivity contribution < 1.29 is 0 Å². The van der Waals surface area contributed by atoms with E-state index < -0.39 is 0 Å². The van der Waals surface area contributed by atoms with Crippen molar-refractivity contribution in [2.75, 3.05) is 0 Å². The van der Waals surface area contributed by atoms with Crippen LogP contribution in [-0.2, 0) is 0 Å². The molecule has 2 heterocycles. The van der Waals surface area contributed by atoms with Crippen molar-refractivity contribution in [1.29, 1.82) is 0 Å². The molecule has 2 rings (SSSR count). The van der Waals surface area contributed by atoms with Gasteiger partial charge >= 0.3 is 0 Å². The maximum atomic E-state index is 6.17. The van der Waals surface area contributed by atoms with Crippen LogP contribution < -0.4 is 5.73 Å². The van der Waals surface area contributed by atoms with Crippen LogP contribution in [0.2, 0.25) is 8.67 Å². The number of rotatable bonds is 2. The number of nitrogens with two attached hydrogens (primary N) is 1. The van der Waals surface area contributed by atoms with Gasteiger partial charge in [-0.2, -0.15) is 0 Å². The van der Waals surface area contributed by atoms with Gasteiger partial charge < -0.3 is 5.73 Å². The van der Waals surface area contributed by atoms with Crippen LogP contribution in [0.25, 0.3) is 0 Å². The Kier molecular flexibility index (Phi) is 3.99. The predicted octanol–water partition coefficient (Wildman–Crippen LogP) is 5.24. The monoisotopic (exact) mass is 355 g/mol. The first-order chi connectivity index (χ1) is 7.49. The fourth-order valence-electron chi connectivity index (χ4n) is 1.36. The van der Waals surface area contributed by atoms with Gasteiger partial charge in [-0.3, -0.25) is 0 Å². The van der Waals surface area contributed by atoms with Gasteiger partial charge in [-0.1, -0.05) is 23.2 Å². The zero-order valence-electron chi connectivity index (χ0n) is 8.26. The van der Waals surface area contributed by atoms with E-state index in [0.717, 1.165) is 14.2 Å². The summed E-state index contributed by atoms with van der Waals surface area (Å²) in [4.78, 5) is 1.08. The zero-order chi connectivity index (χ0) is 11.9. The standard InChI is InChI=1S/C10H8BrCl2NS2/c1-4-2-6(15-9(4)11)8(14)5-3-7(12)16-10(5)13/h2-3,8H,14H2,1H3. The first-order valence-electron chi connectivity index (χ1n) is 4.45. The maximum absolute atomic E-state index is 6.17. The van der Waals surface area contributed by atoms with Crippen molar-refractivity contribution in [2.45, 2.75) is 13.0 Å². The lowest BCUT2D eigenvalue weighted by Gasteiger charge is -2.07. The van der Waals surface area contributed by atoms with Gasteiger partial charge in [0.1, 0.15) is 0 Å². The molecular formula is C10H8BrCl2NS2. The second-order valence-corrected chi connectivity index (χ2v) is 8.05. The highest BCUT2D eigenvalue weighted by molar-refractivity contribution is 9.11. The average Bonchev–Trinajstić information content (AvgIpc) is 2.70. The van der Waals surface area contributed by atoms with Crippen LogP contribution in [0.1, 0.15) is 22.0 Å². The Morgan fingerprint density at radius 1 is 1.31 bits per heavy atom. The highest BCUT2D eigenvalue weighted by Crippen LogP contribution is 2.39. The van der Waals surface area contributed by atoms with Crippen LogP contribution in [0.15, 0.2) is 15.9 Å². The van der Waals surface area contributed by atoms with Crippen molar-refractivity contribution in [3.05, 3.63) is 40.6 Å². The van der Waals surface area contributed by atoms with E-state index in [0.29, 0.717) is 8.67 Å². The fourth-order valence-corrected chi connectivity index (χ4v) is 4.50. The van der Waals surface area contributed by atoms with Gasteiger partial charge in [0, 0.05) is 10.4 Å². The summed E-state index contributed by atoms with van der Waals surface area (Å²) in [5.74, 6) is 0. The van der Waals surface area contributed by atoms with E-state index in [1.807, 2.05) is 13.0 Å². The first kappa shape index (κ1) is 12.9. The third kappa shape index (κ3) is 2.47. The summed E-state index contributed by atoms with van der Waals surface area (Å²) in [7, 11) is 0. The molecule has 0 saturated carbocycles. The maximum Gasteiger partial charge on any atom is 0.0995 e. The Balaban J connectivity index is 2.38. The Morgan fingerprint density at radius 3 is 2.44 bits per heavy atom. The number of halogens is 3. The fraction of sp³-hybridized carbons (Fsp3) is 0.200. The molecule has 2 N–H and O–H groups in total. The minimum absolute atomic E-state index is 0.203. The summed E-state index contributed by atoms with van der Waals surface area (Å²) in [6, 6.07) is 3.70. The second-order valence-electron chi connectivity index (χ2n) is 3.36. The molecule has 0 aliphatic carbocycles. The molecule has 0 bridgehead atoms. The molecule has 0 radical (unpaired) electrons. The minimum atomic E-state index is -0.203. The lowest BCUT2D eigenvalue weighted by atomic mass is 10.1. The number of hydrogen-bond donors (Lipinski definition) is 1. The Labute approximate surface area is 120 Å². The van der Waals surface area contributed by atoms with Crippen LogP contribution in [0, 0.1) is 6.92 Å². The second kappa shape index (κ2) is 4.96. The van der Waals surface area contributed by atoms with Crippen molar-refractivity contribution in [3.8, 4) is 0 Å². The van der Waals surface area contributed by atoms with Crippen molar-refractivity contribution in [3.63, 3.8) is 0 Å². The van der Waals surface area contributed by atoms with E-state index in [9.17, 15) is 0 Å². The molecule has 6 heteroatoms. The predicted molar refractivity (Wildman–Crippen MR) is 77.1 cm³/mol.